The molecule has 0 unspecified atom stereocenters. The van der Waals surface area contributed by atoms with Crippen LogP contribution in [0, 0.1) is 0 Å². The van der Waals surface area contributed by atoms with Gasteiger partial charge in [0.2, 0.25) is 5.91 Å². The lowest BCUT2D eigenvalue weighted by Crippen LogP contribution is -2.11. The van der Waals surface area contributed by atoms with Gasteiger partial charge in [0.05, 0.1) is 0 Å². The second-order valence-electron chi connectivity index (χ2n) is 4.71. The number of hydrogen-bond acceptors (Lipinski definition) is 4. The maximum absolute atomic E-state index is 12.1. The fourth-order valence-corrected chi connectivity index (χ4v) is 2.01. The number of aromatic nitrogens is 1. The number of pyridine rings is 1. The number of rotatable bonds is 3. The molecule has 6 nitrogen and oxygen atoms in total. The van der Waals surface area contributed by atoms with E-state index in [1.54, 1.807) is 48.7 Å². The molecular weight excluding hydrogens is 282 g/mol. The number of anilines is 2. The van der Waals surface area contributed by atoms with Gasteiger partial charge in [-0.3, -0.25) is 14.6 Å². The molecule has 3 rings (SSSR count). The summed E-state index contributed by atoms with van der Waals surface area (Å²) in [5.41, 5.74) is 2.47. The number of fused-ring (bicyclic) bond motifs is 1. The van der Waals surface area contributed by atoms with Crippen molar-refractivity contribution in [1.29, 1.82) is 0 Å². The number of amides is 2. The van der Waals surface area contributed by atoms with E-state index in [1.165, 1.54) is 6.92 Å². The Bertz CT molecular complexity index is 804. The second kappa shape index (κ2) is 5.69. The van der Waals surface area contributed by atoms with E-state index in [0.29, 0.717) is 22.5 Å². The van der Waals surface area contributed by atoms with Gasteiger partial charge in [0, 0.05) is 30.6 Å². The molecule has 2 amide bonds. The number of carbonyl (C=O) groups is 2. The normalized spacial score (nSPS) is 10.4. The number of carbonyl (C=O) groups excluding carboxylic acids is 2. The highest BCUT2D eigenvalue weighted by atomic mass is 16.3. The van der Waals surface area contributed by atoms with Crippen LogP contribution in [0.5, 0.6) is 0 Å². The van der Waals surface area contributed by atoms with E-state index in [9.17, 15) is 9.59 Å². The van der Waals surface area contributed by atoms with Crippen LogP contribution in [-0.2, 0) is 4.79 Å². The molecule has 0 atom stereocenters. The molecule has 0 aliphatic heterocycles. The Morgan fingerprint density at radius 1 is 1.05 bits per heavy atom. The lowest BCUT2D eigenvalue weighted by atomic mass is 10.2. The Morgan fingerprint density at radius 2 is 1.73 bits per heavy atom. The Kier molecular flexibility index (Phi) is 3.57. The smallest absolute Gasteiger partial charge is 0.291 e. The van der Waals surface area contributed by atoms with E-state index < -0.39 is 0 Å². The van der Waals surface area contributed by atoms with E-state index in [-0.39, 0.29) is 17.6 Å². The zero-order chi connectivity index (χ0) is 15.5. The molecule has 0 saturated heterocycles. The third kappa shape index (κ3) is 2.95. The maximum atomic E-state index is 12.1. The third-order valence-corrected chi connectivity index (χ3v) is 2.97. The van der Waals surface area contributed by atoms with Crippen molar-refractivity contribution in [3.63, 3.8) is 0 Å². The van der Waals surface area contributed by atoms with E-state index in [2.05, 4.69) is 15.6 Å². The summed E-state index contributed by atoms with van der Waals surface area (Å²) in [6.07, 6.45) is 1.64. The van der Waals surface area contributed by atoms with Crippen molar-refractivity contribution in [2.24, 2.45) is 0 Å². The molecule has 22 heavy (non-hydrogen) atoms. The van der Waals surface area contributed by atoms with Crippen LogP contribution in [0.15, 0.2) is 53.1 Å². The standard InChI is InChI=1S/C16H13N3O3/c1-10(20)18-11-4-6-12(7-5-11)19-16(21)15-9-13-14(22-15)3-2-8-17-13/h2-9H,1H3,(H,18,20)(H,19,21). The minimum absolute atomic E-state index is 0.147. The zero-order valence-electron chi connectivity index (χ0n) is 11.8. The first-order valence-electron chi connectivity index (χ1n) is 6.65. The van der Waals surface area contributed by atoms with Crippen molar-refractivity contribution in [3.8, 4) is 0 Å². The van der Waals surface area contributed by atoms with Crippen molar-refractivity contribution >= 4 is 34.3 Å². The van der Waals surface area contributed by atoms with E-state index in [4.69, 9.17) is 4.42 Å². The lowest BCUT2D eigenvalue weighted by molar-refractivity contribution is -0.114. The lowest BCUT2D eigenvalue weighted by Gasteiger charge is -2.05. The molecule has 3 aromatic rings. The topological polar surface area (TPSA) is 84.2 Å². The monoisotopic (exact) mass is 295 g/mol. The number of nitrogens with zero attached hydrogens (tertiary/aromatic N) is 1. The van der Waals surface area contributed by atoms with Gasteiger partial charge in [0.15, 0.2) is 11.3 Å². The predicted octanol–water partition coefficient (Wildman–Crippen LogP) is 3.04. The largest absolute Gasteiger partial charge is 0.449 e. The summed E-state index contributed by atoms with van der Waals surface area (Å²) < 4.78 is 5.45. The van der Waals surface area contributed by atoms with Crippen molar-refractivity contribution in [2.75, 3.05) is 10.6 Å². The van der Waals surface area contributed by atoms with Gasteiger partial charge < -0.3 is 15.1 Å². The second-order valence-corrected chi connectivity index (χ2v) is 4.71. The van der Waals surface area contributed by atoms with E-state index >= 15 is 0 Å². The number of benzene rings is 1. The first-order chi connectivity index (χ1) is 10.6. The highest BCUT2D eigenvalue weighted by molar-refractivity contribution is 6.04. The van der Waals surface area contributed by atoms with Crippen molar-refractivity contribution in [3.05, 3.63) is 54.4 Å². The van der Waals surface area contributed by atoms with Crippen molar-refractivity contribution < 1.29 is 14.0 Å². The number of furan rings is 1. The van der Waals surface area contributed by atoms with Crippen LogP contribution < -0.4 is 10.6 Å². The Labute approximate surface area is 126 Å². The molecular formula is C16H13N3O3. The molecule has 6 heteroatoms. The molecule has 1 aromatic carbocycles. The molecule has 2 heterocycles. The summed E-state index contributed by atoms with van der Waals surface area (Å²) in [6.45, 7) is 1.44. The molecule has 0 radical (unpaired) electrons. The van der Waals surface area contributed by atoms with Gasteiger partial charge in [-0.25, -0.2) is 0 Å². The summed E-state index contributed by atoms with van der Waals surface area (Å²) in [5.74, 6) is -0.309. The van der Waals surface area contributed by atoms with Gasteiger partial charge >= 0.3 is 0 Å². The van der Waals surface area contributed by atoms with Gasteiger partial charge in [-0.2, -0.15) is 0 Å². The highest BCUT2D eigenvalue weighted by Crippen LogP contribution is 2.19. The fourth-order valence-electron chi connectivity index (χ4n) is 2.01. The zero-order valence-corrected chi connectivity index (χ0v) is 11.8. The molecule has 110 valence electrons. The number of nitrogens with one attached hydrogen (secondary N) is 2. The predicted molar refractivity (Wildman–Crippen MR) is 82.7 cm³/mol. The Balaban J connectivity index is 1.74. The Morgan fingerprint density at radius 3 is 2.36 bits per heavy atom. The van der Waals surface area contributed by atoms with Crippen molar-refractivity contribution in [1.82, 2.24) is 4.98 Å². The molecule has 0 aliphatic rings. The summed E-state index contributed by atoms with van der Waals surface area (Å²) >= 11 is 0. The van der Waals surface area contributed by atoms with Crippen LogP contribution in [0.2, 0.25) is 0 Å². The first-order valence-corrected chi connectivity index (χ1v) is 6.65. The highest BCUT2D eigenvalue weighted by Gasteiger charge is 2.12. The van der Waals surface area contributed by atoms with Gasteiger partial charge in [0.25, 0.3) is 5.91 Å². The van der Waals surface area contributed by atoms with Crippen LogP contribution in [0.4, 0.5) is 11.4 Å². The van der Waals surface area contributed by atoms with Crippen molar-refractivity contribution in [2.45, 2.75) is 6.92 Å². The summed E-state index contributed by atoms with van der Waals surface area (Å²) in [6, 6.07) is 11.9. The Hall–Kier alpha value is -3.15. The number of hydrogen-bond donors (Lipinski definition) is 2. The maximum Gasteiger partial charge on any atom is 0.291 e. The van der Waals surface area contributed by atoms with Crippen LogP contribution in [0.25, 0.3) is 11.1 Å². The van der Waals surface area contributed by atoms with Gasteiger partial charge in [-0.05, 0) is 36.4 Å². The minimum Gasteiger partial charge on any atom is -0.449 e. The summed E-state index contributed by atoms with van der Waals surface area (Å²) in [5, 5.41) is 5.38. The molecule has 2 aromatic heterocycles. The third-order valence-electron chi connectivity index (χ3n) is 2.97. The summed E-state index contributed by atoms with van der Waals surface area (Å²) in [7, 11) is 0. The minimum atomic E-state index is -0.356. The molecule has 2 N–H and O–H groups in total. The molecule has 0 bridgehead atoms. The van der Waals surface area contributed by atoms with Gasteiger partial charge in [0.1, 0.15) is 5.52 Å². The molecule has 0 fully saturated rings. The van der Waals surface area contributed by atoms with Crippen LogP contribution in [0.1, 0.15) is 17.5 Å². The van der Waals surface area contributed by atoms with Crippen LogP contribution >= 0.6 is 0 Å². The van der Waals surface area contributed by atoms with E-state index in [0.717, 1.165) is 0 Å². The quantitative estimate of drug-likeness (QED) is 0.777. The molecule has 0 spiro atoms. The van der Waals surface area contributed by atoms with Crippen LogP contribution in [-0.4, -0.2) is 16.8 Å². The SMILES string of the molecule is CC(=O)Nc1ccc(NC(=O)c2cc3ncccc3o2)cc1. The van der Waals surface area contributed by atoms with Gasteiger partial charge in [-0.1, -0.05) is 0 Å². The van der Waals surface area contributed by atoms with E-state index in [1.807, 2.05) is 0 Å². The molecule has 0 aliphatic carbocycles. The first kappa shape index (κ1) is 13.8. The van der Waals surface area contributed by atoms with Crippen LogP contribution in [0.3, 0.4) is 0 Å². The summed E-state index contributed by atoms with van der Waals surface area (Å²) in [4.78, 5) is 27.2. The fraction of sp³-hybridized carbons (Fsp3) is 0.0625. The van der Waals surface area contributed by atoms with Gasteiger partial charge in [-0.15, -0.1) is 0 Å². The average molecular weight is 295 g/mol. The molecule has 0 saturated carbocycles. The average Bonchev–Trinajstić information content (AvgIpc) is 2.93.